The fraction of sp³-hybridized carbons (Fsp3) is 0.188. The summed E-state index contributed by atoms with van der Waals surface area (Å²) >= 11 is 1.66. The highest BCUT2D eigenvalue weighted by Crippen LogP contribution is 2.10. The molecule has 2 aromatic rings. The summed E-state index contributed by atoms with van der Waals surface area (Å²) in [6.07, 6.45) is 3.83. The number of carbonyl (C=O) groups excluding carboxylic acids is 1. The van der Waals surface area contributed by atoms with Gasteiger partial charge in [-0.15, -0.1) is 11.3 Å². The SMILES string of the molecule is N[C@@H](C=CC(=O)OCc1ccccc1)Cc1cccs1. The molecule has 20 heavy (non-hydrogen) atoms. The number of rotatable bonds is 6. The molecule has 0 radical (unpaired) electrons. The zero-order valence-corrected chi connectivity index (χ0v) is 11.9. The van der Waals surface area contributed by atoms with Crippen molar-refractivity contribution in [3.05, 3.63) is 70.4 Å². The van der Waals surface area contributed by atoms with Crippen molar-refractivity contribution in [2.24, 2.45) is 5.73 Å². The Morgan fingerprint density at radius 1 is 1.25 bits per heavy atom. The summed E-state index contributed by atoms with van der Waals surface area (Å²) in [5.41, 5.74) is 6.90. The average molecular weight is 287 g/mol. The summed E-state index contributed by atoms with van der Waals surface area (Å²) < 4.78 is 5.13. The number of hydrogen-bond acceptors (Lipinski definition) is 4. The van der Waals surface area contributed by atoms with E-state index >= 15 is 0 Å². The van der Waals surface area contributed by atoms with E-state index in [0.29, 0.717) is 0 Å². The Labute approximate surface area is 122 Å². The van der Waals surface area contributed by atoms with Crippen LogP contribution in [0, 0.1) is 0 Å². The number of ether oxygens (including phenoxy) is 1. The molecule has 1 aromatic carbocycles. The standard InChI is InChI=1S/C16H17NO2S/c17-14(11-15-7-4-10-20-15)8-9-16(18)19-12-13-5-2-1-3-6-13/h1-10,14H,11-12,17H2/t14-/m0/s1. The zero-order valence-electron chi connectivity index (χ0n) is 11.1. The quantitative estimate of drug-likeness (QED) is 0.656. The van der Waals surface area contributed by atoms with Crippen LogP contribution >= 0.6 is 11.3 Å². The summed E-state index contributed by atoms with van der Waals surface area (Å²) in [6.45, 7) is 0.282. The molecule has 0 aliphatic heterocycles. The zero-order chi connectivity index (χ0) is 14.2. The van der Waals surface area contributed by atoms with E-state index in [1.165, 1.54) is 11.0 Å². The summed E-state index contributed by atoms with van der Waals surface area (Å²) in [6, 6.07) is 13.4. The molecule has 0 fully saturated rings. The molecule has 2 rings (SSSR count). The Kier molecular flexibility index (Phi) is 5.53. The van der Waals surface area contributed by atoms with E-state index in [0.717, 1.165) is 12.0 Å². The molecule has 1 aromatic heterocycles. The van der Waals surface area contributed by atoms with Crippen molar-refractivity contribution in [3.63, 3.8) is 0 Å². The van der Waals surface area contributed by atoms with Crippen LogP contribution in [0.25, 0.3) is 0 Å². The van der Waals surface area contributed by atoms with Gasteiger partial charge in [-0.05, 0) is 17.0 Å². The van der Waals surface area contributed by atoms with Gasteiger partial charge in [-0.1, -0.05) is 42.5 Å². The highest BCUT2D eigenvalue weighted by atomic mass is 32.1. The molecule has 3 nitrogen and oxygen atoms in total. The number of benzene rings is 1. The van der Waals surface area contributed by atoms with Crippen LogP contribution in [0.2, 0.25) is 0 Å². The van der Waals surface area contributed by atoms with E-state index in [4.69, 9.17) is 10.5 Å². The van der Waals surface area contributed by atoms with Crippen LogP contribution in [0.3, 0.4) is 0 Å². The van der Waals surface area contributed by atoms with Crippen molar-refractivity contribution in [3.8, 4) is 0 Å². The third-order valence-electron chi connectivity index (χ3n) is 2.72. The number of esters is 1. The molecule has 0 spiro atoms. The molecule has 4 heteroatoms. The van der Waals surface area contributed by atoms with Crippen molar-refractivity contribution >= 4 is 17.3 Å². The predicted octanol–water partition coefficient (Wildman–Crippen LogP) is 2.92. The first-order chi connectivity index (χ1) is 9.74. The van der Waals surface area contributed by atoms with Gasteiger partial charge >= 0.3 is 5.97 Å². The van der Waals surface area contributed by atoms with Crippen LogP contribution < -0.4 is 5.73 Å². The number of thiophene rings is 1. The first-order valence-corrected chi connectivity index (χ1v) is 7.29. The smallest absolute Gasteiger partial charge is 0.330 e. The maximum atomic E-state index is 11.6. The Morgan fingerprint density at radius 3 is 2.75 bits per heavy atom. The monoisotopic (exact) mass is 287 g/mol. The largest absolute Gasteiger partial charge is 0.458 e. The van der Waals surface area contributed by atoms with Crippen molar-refractivity contribution in [1.29, 1.82) is 0 Å². The second-order valence-corrected chi connectivity index (χ2v) is 5.43. The third kappa shape index (κ3) is 4.99. The van der Waals surface area contributed by atoms with Crippen molar-refractivity contribution in [1.82, 2.24) is 0 Å². The fourth-order valence-corrected chi connectivity index (χ4v) is 2.49. The van der Waals surface area contributed by atoms with Crippen LogP contribution in [0.15, 0.2) is 60.0 Å². The summed E-state index contributed by atoms with van der Waals surface area (Å²) in [5.74, 6) is -0.365. The Hall–Kier alpha value is -1.91. The van der Waals surface area contributed by atoms with Crippen molar-refractivity contribution < 1.29 is 9.53 Å². The van der Waals surface area contributed by atoms with Crippen LogP contribution in [0.5, 0.6) is 0 Å². The van der Waals surface area contributed by atoms with E-state index in [1.807, 2.05) is 47.8 Å². The van der Waals surface area contributed by atoms with Gasteiger partial charge in [0.2, 0.25) is 0 Å². The molecule has 0 saturated carbocycles. The van der Waals surface area contributed by atoms with Crippen LogP contribution in [-0.2, 0) is 22.6 Å². The molecule has 0 bridgehead atoms. The molecular formula is C16H17NO2S. The van der Waals surface area contributed by atoms with Crippen LogP contribution in [0.4, 0.5) is 0 Å². The molecule has 1 heterocycles. The van der Waals surface area contributed by atoms with Gasteiger partial charge in [-0.3, -0.25) is 0 Å². The molecule has 104 valence electrons. The van der Waals surface area contributed by atoms with Gasteiger partial charge in [-0.2, -0.15) is 0 Å². The van der Waals surface area contributed by atoms with Crippen LogP contribution in [-0.4, -0.2) is 12.0 Å². The molecule has 0 amide bonds. The van der Waals surface area contributed by atoms with E-state index in [9.17, 15) is 4.79 Å². The highest BCUT2D eigenvalue weighted by Gasteiger charge is 2.03. The predicted molar refractivity (Wildman–Crippen MR) is 81.4 cm³/mol. The lowest BCUT2D eigenvalue weighted by molar-refractivity contribution is -0.139. The lowest BCUT2D eigenvalue weighted by Gasteiger charge is -2.04. The average Bonchev–Trinajstić information content (AvgIpc) is 2.97. The number of nitrogens with two attached hydrogens (primary N) is 1. The lowest BCUT2D eigenvalue weighted by Crippen LogP contribution is -2.19. The van der Waals surface area contributed by atoms with E-state index in [-0.39, 0.29) is 18.6 Å². The topological polar surface area (TPSA) is 52.3 Å². The summed E-state index contributed by atoms with van der Waals surface area (Å²) in [5, 5.41) is 2.01. The van der Waals surface area contributed by atoms with Gasteiger partial charge in [0.1, 0.15) is 6.61 Å². The van der Waals surface area contributed by atoms with Gasteiger partial charge in [0.25, 0.3) is 0 Å². The molecule has 0 aliphatic rings. The maximum Gasteiger partial charge on any atom is 0.330 e. The van der Waals surface area contributed by atoms with Gasteiger partial charge in [0, 0.05) is 23.4 Å². The third-order valence-corrected chi connectivity index (χ3v) is 3.62. The number of carbonyl (C=O) groups is 1. The van der Waals surface area contributed by atoms with Gasteiger partial charge < -0.3 is 10.5 Å². The van der Waals surface area contributed by atoms with Gasteiger partial charge in [-0.25, -0.2) is 4.79 Å². The number of hydrogen-bond donors (Lipinski definition) is 1. The summed E-state index contributed by atoms with van der Waals surface area (Å²) in [7, 11) is 0. The second kappa shape index (κ2) is 7.62. The minimum Gasteiger partial charge on any atom is -0.458 e. The molecule has 0 aliphatic carbocycles. The van der Waals surface area contributed by atoms with E-state index in [1.54, 1.807) is 17.4 Å². The van der Waals surface area contributed by atoms with E-state index < -0.39 is 0 Å². The van der Waals surface area contributed by atoms with Crippen molar-refractivity contribution in [2.75, 3.05) is 0 Å². The summed E-state index contributed by atoms with van der Waals surface area (Å²) in [4.78, 5) is 12.8. The molecular weight excluding hydrogens is 270 g/mol. The van der Waals surface area contributed by atoms with Crippen LogP contribution in [0.1, 0.15) is 10.4 Å². The Bertz CT molecular complexity index is 549. The Balaban J connectivity index is 1.74. The first-order valence-electron chi connectivity index (χ1n) is 6.41. The first kappa shape index (κ1) is 14.5. The lowest BCUT2D eigenvalue weighted by atomic mass is 10.2. The van der Waals surface area contributed by atoms with E-state index in [2.05, 4.69) is 0 Å². The molecule has 0 unspecified atom stereocenters. The molecule has 2 N–H and O–H groups in total. The normalized spacial score (nSPS) is 12.4. The molecule has 1 atom stereocenters. The second-order valence-electron chi connectivity index (χ2n) is 4.40. The van der Waals surface area contributed by atoms with Gasteiger partial charge in [0.05, 0.1) is 0 Å². The molecule has 0 saturated heterocycles. The van der Waals surface area contributed by atoms with Gasteiger partial charge in [0.15, 0.2) is 0 Å². The minimum atomic E-state index is -0.365. The minimum absolute atomic E-state index is 0.169. The highest BCUT2D eigenvalue weighted by molar-refractivity contribution is 7.09. The van der Waals surface area contributed by atoms with Crippen molar-refractivity contribution in [2.45, 2.75) is 19.1 Å². The fourth-order valence-electron chi connectivity index (χ4n) is 1.71. The maximum absolute atomic E-state index is 11.6. The Morgan fingerprint density at radius 2 is 2.05 bits per heavy atom.